The minimum atomic E-state index is -0.223. The predicted octanol–water partition coefficient (Wildman–Crippen LogP) is 4.36. The average molecular weight is 360 g/mol. The normalized spacial score (nSPS) is 11.3. The topological polar surface area (TPSA) is 70.1 Å². The molecular formula is C20H16N4OS. The van der Waals surface area contributed by atoms with Gasteiger partial charge in [-0.3, -0.25) is 9.89 Å². The number of aromatic amines is 1. The van der Waals surface area contributed by atoms with E-state index in [1.165, 1.54) is 5.56 Å². The van der Waals surface area contributed by atoms with E-state index in [0.29, 0.717) is 5.56 Å². The van der Waals surface area contributed by atoms with Gasteiger partial charge in [-0.25, -0.2) is 5.43 Å². The molecule has 0 bridgehead atoms. The van der Waals surface area contributed by atoms with Crippen LogP contribution in [0.4, 0.5) is 0 Å². The number of rotatable bonds is 4. The van der Waals surface area contributed by atoms with Crippen molar-refractivity contribution in [2.45, 2.75) is 6.92 Å². The summed E-state index contributed by atoms with van der Waals surface area (Å²) in [6.45, 7) is 2.04. The molecule has 1 amide bonds. The zero-order chi connectivity index (χ0) is 17.9. The highest BCUT2D eigenvalue weighted by molar-refractivity contribution is 7.17. The molecular weight excluding hydrogens is 344 g/mol. The molecule has 2 N–H and O–H groups in total. The second-order valence-corrected chi connectivity index (χ2v) is 6.82. The third-order valence-electron chi connectivity index (χ3n) is 4.10. The van der Waals surface area contributed by atoms with Crippen LogP contribution in [-0.2, 0) is 0 Å². The number of nitrogens with one attached hydrogen (secondary N) is 2. The number of fused-ring (bicyclic) bond motifs is 1. The monoisotopic (exact) mass is 360 g/mol. The maximum absolute atomic E-state index is 12.4. The summed E-state index contributed by atoms with van der Waals surface area (Å²) >= 11 is 1.55. The summed E-state index contributed by atoms with van der Waals surface area (Å²) < 4.78 is 1.08. The van der Waals surface area contributed by atoms with E-state index in [9.17, 15) is 4.79 Å². The van der Waals surface area contributed by atoms with E-state index in [1.54, 1.807) is 23.7 Å². The molecule has 0 saturated carbocycles. The number of aromatic nitrogens is 2. The van der Waals surface area contributed by atoms with E-state index >= 15 is 0 Å². The first-order valence-corrected chi connectivity index (χ1v) is 9.00. The molecule has 128 valence electrons. The Morgan fingerprint density at radius 2 is 2.00 bits per heavy atom. The van der Waals surface area contributed by atoms with Gasteiger partial charge in [-0.1, -0.05) is 48.0 Å². The van der Waals surface area contributed by atoms with E-state index in [4.69, 9.17) is 0 Å². The number of hydrogen-bond donors (Lipinski definition) is 2. The molecule has 4 aromatic rings. The maximum Gasteiger partial charge on any atom is 0.272 e. The van der Waals surface area contributed by atoms with Gasteiger partial charge in [0.15, 0.2) is 0 Å². The van der Waals surface area contributed by atoms with Gasteiger partial charge in [-0.2, -0.15) is 10.2 Å². The van der Waals surface area contributed by atoms with Crippen LogP contribution in [0.5, 0.6) is 0 Å². The molecule has 2 heterocycles. The Balaban J connectivity index is 1.52. The molecule has 2 aromatic carbocycles. The van der Waals surface area contributed by atoms with Crippen LogP contribution in [0.3, 0.4) is 0 Å². The number of benzene rings is 2. The molecule has 0 fully saturated rings. The van der Waals surface area contributed by atoms with Crippen molar-refractivity contribution in [1.29, 1.82) is 0 Å². The first-order valence-electron chi connectivity index (χ1n) is 8.12. The number of H-pyrrole nitrogens is 1. The third kappa shape index (κ3) is 3.14. The molecule has 0 spiro atoms. The van der Waals surface area contributed by atoms with Gasteiger partial charge < -0.3 is 0 Å². The van der Waals surface area contributed by atoms with Crippen molar-refractivity contribution in [3.8, 4) is 11.3 Å². The van der Waals surface area contributed by atoms with Crippen molar-refractivity contribution in [3.63, 3.8) is 0 Å². The molecule has 0 aliphatic heterocycles. The second-order valence-electron chi connectivity index (χ2n) is 5.91. The number of hydrogen-bond acceptors (Lipinski definition) is 4. The lowest BCUT2D eigenvalue weighted by molar-refractivity contribution is 0.0957. The Bertz CT molecular complexity index is 1090. The molecule has 2 aromatic heterocycles. The maximum atomic E-state index is 12.4. The number of carbonyl (C=O) groups excluding carboxylic acids is 1. The number of nitrogens with zero attached hydrogens (tertiary/aromatic N) is 2. The van der Waals surface area contributed by atoms with Gasteiger partial charge >= 0.3 is 0 Å². The number of aryl methyl sites for hydroxylation is 1. The lowest BCUT2D eigenvalue weighted by Gasteiger charge is -2.01. The molecule has 6 heteroatoms. The van der Waals surface area contributed by atoms with Crippen molar-refractivity contribution < 1.29 is 4.79 Å². The summed E-state index contributed by atoms with van der Waals surface area (Å²) in [5.74, 6) is -0.223. The molecule has 26 heavy (non-hydrogen) atoms. The summed E-state index contributed by atoms with van der Waals surface area (Å²) in [6, 6.07) is 16.0. The van der Waals surface area contributed by atoms with E-state index < -0.39 is 0 Å². The highest BCUT2D eigenvalue weighted by atomic mass is 32.1. The molecule has 0 saturated heterocycles. The van der Waals surface area contributed by atoms with Crippen molar-refractivity contribution >= 4 is 33.5 Å². The quantitative estimate of drug-likeness (QED) is 0.419. The Labute approximate surface area is 154 Å². The van der Waals surface area contributed by atoms with Gasteiger partial charge in [0, 0.05) is 26.6 Å². The Morgan fingerprint density at radius 3 is 2.85 bits per heavy atom. The first kappa shape index (κ1) is 16.2. The zero-order valence-electron chi connectivity index (χ0n) is 14.1. The number of thiophene rings is 1. The Morgan fingerprint density at radius 1 is 1.19 bits per heavy atom. The van der Waals surface area contributed by atoms with E-state index in [2.05, 4.69) is 20.7 Å². The molecule has 5 nitrogen and oxygen atoms in total. The summed E-state index contributed by atoms with van der Waals surface area (Å²) in [5, 5.41) is 14.0. The van der Waals surface area contributed by atoms with Crippen LogP contribution in [0.25, 0.3) is 21.3 Å². The van der Waals surface area contributed by atoms with Crippen LogP contribution >= 0.6 is 11.3 Å². The molecule has 0 atom stereocenters. The predicted molar refractivity (Wildman–Crippen MR) is 106 cm³/mol. The Hall–Kier alpha value is -3.25. The van der Waals surface area contributed by atoms with Crippen LogP contribution in [-0.4, -0.2) is 22.3 Å². The van der Waals surface area contributed by atoms with Gasteiger partial charge in [0.2, 0.25) is 0 Å². The highest BCUT2D eigenvalue weighted by Gasteiger charge is 2.11. The highest BCUT2D eigenvalue weighted by Crippen LogP contribution is 2.25. The molecule has 0 radical (unpaired) electrons. The van der Waals surface area contributed by atoms with Crippen molar-refractivity contribution in [3.05, 3.63) is 76.8 Å². The van der Waals surface area contributed by atoms with Gasteiger partial charge in [0.05, 0.1) is 23.7 Å². The van der Waals surface area contributed by atoms with Crippen LogP contribution in [0.2, 0.25) is 0 Å². The number of amides is 1. The zero-order valence-corrected chi connectivity index (χ0v) is 14.9. The molecule has 4 rings (SSSR count). The molecule has 0 aliphatic carbocycles. The summed E-state index contributed by atoms with van der Waals surface area (Å²) in [5.41, 5.74) is 7.12. The van der Waals surface area contributed by atoms with E-state index in [-0.39, 0.29) is 5.91 Å². The second kappa shape index (κ2) is 6.93. The largest absolute Gasteiger partial charge is 0.277 e. The van der Waals surface area contributed by atoms with Gasteiger partial charge in [0.25, 0.3) is 5.91 Å². The van der Waals surface area contributed by atoms with E-state index in [1.807, 2.05) is 60.8 Å². The number of carbonyl (C=O) groups is 1. The minimum Gasteiger partial charge on any atom is -0.277 e. The fourth-order valence-electron chi connectivity index (χ4n) is 2.72. The van der Waals surface area contributed by atoms with Gasteiger partial charge in [-0.15, -0.1) is 11.3 Å². The fraction of sp³-hybridized carbons (Fsp3) is 0.0500. The van der Waals surface area contributed by atoms with Crippen LogP contribution < -0.4 is 5.43 Å². The number of hydrazone groups is 1. The lowest BCUT2D eigenvalue weighted by atomic mass is 10.1. The summed E-state index contributed by atoms with van der Waals surface area (Å²) in [4.78, 5) is 12.4. The fourth-order valence-corrected chi connectivity index (χ4v) is 3.66. The SMILES string of the molecule is Cc1ccc(-c2[nH]ncc2/C=N/NC(=O)c2csc3ccccc23)cc1. The van der Waals surface area contributed by atoms with Gasteiger partial charge in [-0.05, 0) is 13.0 Å². The van der Waals surface area contributed by atoms with Crippen LogP contribution in [0, 0.1) is 6.92 Å². The Kier molecular flexibility index (Phi) is 4.33. The standard InChI is InChI=1S/C20H16N4OS/c1-13-6-8-14(9-7-13)19-15(10-21-23-19)11-22-24-20(25)17-12-26-18-5-3-2-4-16(17)18/h2-12H,1H3,(H,21,23)(H,24,25)/b22-11+. The van der Waals surface area contributed by atoms with Crippen LogP contribution in [0.15, 0.2) is 65.2 Å². The molecule has 0 unspecified atom stereocenters. The smallest absolute Gasteiger partial charge is 0.272 e. The van der Waals surface area contributed by atoms with Crippen molar-refractivity contribution in [1.82, 2.24) is 15.6 Å². The summed E-state index contributed by atoms with van der Waals surface area (Å²) in [6.07, 6.45) is 3.29. The molecule has 0 aliphatic rings. The first-order chi connectivity index (χ1) is 12.7. The minimum absolute atomic E-state index is 0.223. The van der Waals surface area contributed by atoms with Gasteiger partial charge in [0.1, 0.15) is 0 Å². The van der Waals surface area contributed by atoms with Crippen LogP contribution in [0.1, 0.15) is 21.5 Å². The third-order valence-corrected chi connectivity index (χ3v) is 5.07. The van der Waals surface area contributed by atoms with Crippen molar-refractivity contribution in [2.75, 3.05) is 0 Å². The van der Waals surface area contributed by atoms with Crippen molar-refractivity contribution in [2.24, 2.45) is 5.10 Å². The lowest BCUT2D eigenvalue weighted by Crippen LogP contribution is -2.17. The average Bonchev–Trinajstić information content (AvgIpc) is 3.29. The summed E-state index contributed by atoms with van der Waals surface area (Å²) in [7, 11) is 0. The van der Waals surface area contributed by atoms with E-state index in [0.717, 1.165) is 26.9 Å².